The second-order valence-electron chi connectivity index (χ2n) is 15.2. The second kappa shape index (κ2) is 19.5. The normalized spacial score (nSPS) is 12.8. The summed E-state index contributed by atoms with van der Waals surface area (Å²) >= 11 is 0. The lowest BCUT2D eigenvalue weighted by Gasteiger charge is -2.41. The van der Waals surface area contributed by atoms with Crippen molar-refractivity contribution in [2.45, 2.75) is 71.5 Å². The molecule has 53 heavy (non-hydrogen) atoms. The minimum Gasteiger partial charge on any atom is -0.450 e. The van der Waals surface area contributed by atoms with Gasteiger partial charge in [0, 0.05) is 57.3 Å². The van der Waals surface area contributed by atoms with Gasteiger partial charge in [0.2, 0.25) is 17.7 Å². The number of hydrogen-bond donors (Lipinski definition) is 5. The number of rotatable bonds is 18. The summed E-state index contributed by atoms with van der Waals surface area (Å²) in [5.74, 6) is -2.84. The maximum Gasteiger partial charge on any atom is 0.407 e. The van der Waals surface area contributed by atoms with Crippen molar-refractivity contribution in [2.75, 3.05) is 39.4 Å². The van der Waals surface area contributed by atoms with Gasteiger partial charge in [0.15, 0.2) is 0 Å². The SMILES string of the molecule is CC(C)(C)C(c1cc(-c2cc(F)ccc2F)cn1Cc1ccccc1)N(CCC(NC(=O)OCC[Si](C)(C)C)C(=O)NCCNC(=O)CN)C(=O)CO. The van der Waals surface area contributed by atoms with Crippen molar-refractivity contribution < 1.29 is 37.8 Å². The third-order valence-electron chi connectivity index (χ3n) is 8.52. The molecule has 0 aliphatic rings. The number of nitrogens with zero attached hydrogens (tertiary/aromatic N) is 2. The van der Waals surface area contributed by atoms with E-state index in [4.69, 9.17) is 10.5 Å². The lowest BCUT2D eigenvalue weighted by molar-refractivity contribution is -0.140. The summed E-state index contributed by atoms with van der Waals surface area (Å²) in [5.41, 5.74) is 6.57. The van der Waals surface area contributed by atoms with Crippen LogP contribution in [0.5, 0.6) is 0 Å². The Morgan fingerprint density at radius 1 is 1.00 bits per heavy atom. The maximum absolute atomic E-state index is 15.1. The first-order valence-electron chi connectivity index (χ1n) is 17.7. The highest BCUT2D eigenvalue weighted by molar-refractivity contribution is 6.76. The molecule has 0 radical (unpaired) electrons. The summed E-state index contributed by atoms with van der Waals surface area (Å²) in [5, 5.41) is 18.1. The predicted octanol–water partition coefficient (Wildman–Crippen LogP) is 4.40. The van der Waals surface area contributed by atoms with Crippen LogP contribution in [0.4, 0.5) is 13.6 Å². The zero-order chi connectivity index (χ0) is 39.3. The van der Waals surface area contributed by atoms with E-state index in [1.807, 2.05) is 55.7 Å². The minimum absolute atomic E-state index is 0.0435. The fourth-order valence-corrected chi connectivity index (χ4v) is 6.57. The van der Waals surface area contributed by atoms with Crippen molar-refractivity contribution in [1.29, 1.82) is 0 Å². The number of nitrogens with two attached hydrogens (primary N) is 1. The zero-order valence-corrected chi connectivity index (χ0v) is 32.5. The number of hydrogen-bond acceptors (Lipinski definition) is 7. The molecule has 15 heteroatoms. The Balaban J connectivity index is 2.02. The van der Waals surface area contributed by atoms with E-state index in [1.54, 1.807) is 12.3 Å². The Kier molecular flexibility index (Phi) is 15.7. The van der Waals surface area contributed by atoms with Crippen LogP contribution < -0.4 is 21.7 Å². The Labute approximate surface area is 311 Å². The summed E-state index contributed by atoms with van der Waals surface area (Å²) in [7, 11) is -1.52. The highest BCUT2D eigenvalue weighted by Gasteiger charge is 2.38. The number of carbonyl (C=O) groups excluding carboxylic acids is 4. The standard InChI is InChI=1S/C38H54F2N6O6Si/c1-38(2,3)35(32-20-27(29-21-28(39)12-13-30(29)40)24-45(32)23-26-10-8-7-9-11-26)46(34(49)25-47)17-14-31(36(50)43-16-15-42-33(48)22-41)44-37(51)52-18-19-53(4,5)6/h7-13,20-21,24,31,35,47H,14-19,22-23,25,41H2,1-6H3,(H,42,48)(H,43,50)(H,44,51). The lowest BCUT2D eigenvalue weighted by Crippen LogP contribution is -2.51. The van der Waals surface area contributed by atoms with Gasteiger partial charge in [-0.1, -0.05) is 70.7 Å². The van der Waals surface area contributed by atoms with Gasteiger partial charge in [-0.05, 0) is 47.7 Å². The number of aliphatic hydroxyl groups excluding tert-OH is 1. The number of aromatic nitrogens is 1. The van der Waals surface area contributed by atoms with Crippen LogP contribution in [-0.2, 0) is 25.7 Å². The van der Waals surface area contributed by atoms with Gasteiger partial charge in [-0.3, -0.25) is 14.4 Å². The second-order valence-corrected chi connectivity index (χ2v) is 20.8. The fraction of sp³-hybridized carbons (Fsp3) is 0.474. The molecule has 0 saturated heterocycles. The average molecular weight is 757 g/mol. The molecule has 0 aliphatic heterocycles. The van der Waals surface area contributed by atoms with E-state index in [0.29, 0.717) is 23.8 Å². The van der Waals surface area contributed by atoms with Crippen molar-refractivity contribution in [3.05, 3.63) is 83.7 Å². The van der Waals surface area contributed by atoms with Crippen molar-refractivity contribution in [3.8, 4) is 11.1 Å². The first kappa shape index (κ1) is 42.8. The largest absolute Gasteiger partial charge is 0.450 e. The van der Waals surface area contributed by atoms with Crippen LogP contribution in [0.2, 0.25) is 25.7 Å². The highest BCUT2D eigenvalue weighted by Crippen LogP contribution is 2.41. The van der Waals surface area contributed by atoms with Crippen LogP contribution >= 0.6 is 0 Å². The van der Waals surface area contributed by atoms with Crippen LogP contribution in [0, 0.1) is 17.0 Å². The third kappa shape index (κ3) is 13.4. The molecule has 0 bridgehead atoms. The number of carbonyl (C=O) groups is 4. The van der Waals surface area contributed by atoms with Crippen molar-refractivity contribution in [2.24, 2.45) is 11.1 Å². The van der Waals surface area contributed by atoms with E-state index >= 15 is 4.39 Å². The number of amides is 4. The molecular formula is C38H54F2N6O6Si. The van der Waals surface area contributed by atoms with Gasteiger partial charge < -0.3 is 41.0 Å². The summed E-state index contributed by atoms with van der Waals surface area (Å²) < 4.78 is 36.8. The molecule has 0 fully saturated rings. The number of halogens is 2. The number of ether oxygens (including phenoxy) is 1. The Morgan fingerprint density at radius 3 is 2.30 bits per heavy atom. The number of nitrogens with one attached hydrogen (secondary N) is 3. The van der Waals surface area contributed by atoms with E-state index in [-0.39, 0.29) is 44.8 Å². The van der Waals surface area contributed by atoms with E-state index in [2.05, 4.69) is 35.6 Å². The summed E-state index contributed by atoms with van der Waals surface area (Å²) in [6.07, 6.45) is 0.830. The molecule has 0 saturated carbocycles. The first-order chi connectivity index (χ1) is 24.9. The average Bonchev–Trinajstić information content (AvgIpc) is 3.49. The number of aliphatic hydroxyl groups is 1. The zero-order valence-electron chi connectivity index (χ0n) is 31.5. The summed E-state index contributed by atoms with van der Waals surface area (Å²) in [4.78, 5) is 53.0. The van der Waals surface area contributed by atoms with Crippen LogP contribution in [-0.4, -0.2) is 91.9 Å². The molecule has 2 atom stereocenters. The number of benzene rings is 2. The summed E-state index contributed by atoms with van der Waals surface area (Å²) in [6, 6.07) is 13.2. The Morgan fingerprint density at radius 2 is 1.68 bits per heavy atom. The van der Waals surface area contributed by atoms with E-state index in [1.165, 1.54) is 4.90 Å². The third-order valence-corrected chi connectivity index (χ3v) is 10.2. The Bertz CT molecular complexity index is 1690. The molecule has 4 amide bonds. The number of alkyl carbamates (subject to hydrolysis) is 1. The molecule has 1 aromatic heterocycles. The predicted molar refractivity (Wildman–Crippen MR) is 202 cm³/mol. The molecule has 12 nitrogen and oxygen atoms in total. The molecule has 3 aromatic rings. The topological polar surface area (TPSA) is 168 Å². The van der Waals surface area contributed by atoms with E-state index in [9.17, 15) is 28.7 Å². The van der Waals surface area contributed by atoms with E-state index < -0.39 is 67.6 Å². The van der Waals surface area contributed by atoms with Gasteiger partial charge >= 0.3 is 6.09 Å². The highest BCUT2D eigenvalue weighted by atomic mass is 28.3. The van der Waals surface area contributed by atoms with Crippen molar-refractivity contribution >= 4 is 31.9 Å². The molecule has 6 N–H and O–H groups in total. The first-order valence-corrected chi connectivity index (χ1v) is 21.4. The van der Waals surface area contributed by atoms with Crippen LogP contribution in [0.15, 0.2) is 60.8 Å². The summed E-state index contributed by atoms with van der Waals surface area (Å²) in [6.45, 7) is 11.6. The fourth-order valence-electron chi connectivity index (χ4n) is 5.85. The molecule has 2 aromatic carbocycles. The molecular weight excluding hydrogens is 703 g/mol. The van der Waals surface area contributed by atoms with E-state index in [0.717, 1.165) is 23.8 Å². The van der Waals surface area contributed by atoms with Crippen molar-refractivity contribution in [3.63, 3.8) is 0 Å². The van der Waals surface area contributed by atoms with Gasteiger partial charge in [-0.15, -0.1) is 0 Å². The van der Waals surface area contributed by atoms with Crippen molar-refractivity contribution in [1.82, 2.24) is 25.4 Å². The molecule has 1 heterocycles. The molecule has 2 unspecified atom stereocenters. The molecule has 0 aliphatic carbocycles. The Hall–Kier alpha value is -4.60. The maximum atomic E-state index is 15.1. The van der Waals surface area contributed by atoms with Crippen LogP contribution in [0.3, 0.4) is 0 Å². The van der Waals surface area contributed by atoms with Gasteiger partial charge in [0.05, 0.1) is 19.2 Å². The van der Waals surface area contributed by atoms with Crippen LogP contribution in [0.25, 0.3) is 11.1 Å². The minimum atomic E-state index is -1.52. The van der Waals surface area contributed by atoms with Gasteiger partial charge in [0.25, 0.3) is 0 Å². The molecule has 3 rings (SSSR count). The lowest BCUT2D eigenvalue weighted by atomic mass is 9.82. The quantitative estimate of drug-likeness (QED) is 0.0948. The van der Waals surface area contributed by atoms with Gasteiger partial charge in [0.1, 0.15) is 24.3 Å². The molecule has 0 spiro atoms. The van der Waals surface area contributed by atoms with Gasteiger partial charge in [-0.2, -0.15) is 0 Å². The smallest absolute Gasteiger partial charge is 0.407 e. The molecule has 290 valence electrons. The van der Waals surface area contributed by atoms with Gasteiger partial charge in [-0.25, -0.2) is 13.6 Å². The van der Waals surface area contributed by atoms with Crippen LogP contribution in [0.1, 0.15) is 44.5 Å². The monoisotopic (exact) mass is 756 g/mol.